The van der Waals surface area contributed by atoms with Crippen LogP contribution in [0.4, 0.5) is 26.1 Å². The van der Waals surface area contributed by atoms with Crippen LogP contribution in [-0.4, -0.2) is 51.9 Å². The third kappa shape index (κ3) is 5.24. The molecule has 1 aliphatic heterocycles. The SMILES string of the molecule is Cc1cc(Nc2ncn(-c3cc(F)cc(F)c3)n2)cc(N2CCN(CC(C)C)C(C)C2)c1. The van der Waals surface area contributed by atoms with Gasteiger partial charge in [-0.25, -0.2) is 13.5 Å². The van der Waals surface area contributed by atoms with E-state index in [1.807, 2.05) is 6.07 Å². The lowest BCUT2D eigenvalue weighted by atomic mass is 10.1. The minimum absolute atomic E-state index is 0.279. The number of anilines is 3. The van der Waals surface area contributed by atoms with Crippen molar-refractivity contribution in [2.75, 3.05) is 36.4 Å². The number of hydrogen-bond acceptors (Lipinski definition) is 5. The van der Waals surface area contributed by atoms with Crippen LogP contribution in [0.3, 0.4) is 0 Å². The molecule has 1 fully saturated rings. The number of aromatic nitrogens is 3. The van der Waals surface area contributed by atoms with Crippen molar-refractivity contribution < 1.29 is 8.78 Å². The van der Waals surface area contributed by atoms with E-state index in [9.17, 15) is 8.78 Å². The Morgan fingerprint density at radius 1 is 1.03 bits per heavy atom. The summed E-state index contributed by atoms with van der Waals surface area (Å²) in [4.78, 5) is 9.22. The molecule has 170 valence electrons. The molecule has 8 heteroatoms. The molecule has 1 atom stereocenters. The summed E-state index contributed by atoms with van der Waals surface area (Å²) >= 11 is 0. The molecule has 1 N–H and O–H groups in total. The van der Waals surface area contributed by atoms with Gasteiger partial charge in [0, 0.05) is 49.7 Å². The van der Waals surface area contributed by atoms with Crippen LogP contribution in [0.1, 0.15) is 26.3 Å². The lowest BCUT2D eigenvalue weighted by Gasteiger charge is -2.42. The highest BCUT2D eigenvalue weighted by molar-refractivity contribution is 5.64. The largest absolute Gasteiger partial charge is 0.369 e. The van der Waals surface area contributed by atoms with E-state index in [4.69, 9.17) is 0 Å². The van der Waals surface area contributed by atoms with Crippen molar-refractivity contribution >= 4 is 17.3 Å². The maximum atomic E-state index is 13.5. The van der Waals surface area contributed by atoms with E-state index in [1.54, 1.807) is 0 Å². The Kier molecular flexibility index (Phi) is 6.41. The van der Waals surface area contributed by atoms with Gasteiger partial charge in [0.15, 0.2) is 0 Å². The molecule has 0 radical (unpaired) electrons. The zero-order chi connectivity index (χ0) is 22.8. The van der Waals surface area contributed by atoms with Crippen molar-refractivity contribution in [3.8, 4) is 5.69 Å². The third-order valence-corrected chi connectivity index (χ3v) is 5.65. The van der Waals surface area contributed by atoms with Crippen LogP contribution in [0, 0.1) is 24.5 Å². The number of rotatable bonds is 6. The van der Waals surface area contributed by atoms with Gasteiger partial charge in [0.1, 0.15) is 18.0 Å². The van der Waals surface area contributed by atoms with Crippen molar-refractivity contribution in [3.63, 3.8) is 0 Å². The topological polar surface area (TPSA) is 49.2 Å². The average molecular weight is 441 g/mol. The first-order valence-electron chi connectivity index (χ1n) is 11.0. The predicted octanol–water partition coefficient (Wildman–Crippen LogP) is 4.76. The van der Waals surface area contributed by atoms with Gasteiger partial charge >= 0.3 is 0 Å². The first-order chi connectivity index (χ1) is 15.3. The Hall–Kier alpha value is -3.00. The van der Waals surface area contributed by atoms with Gasteiger partial charge in [0.05, 0.1) is 5.69 Å². The van der Waals surface area contributed by atoms with Gasteiger partial charge < -0.3 is 10.2 Å². The summed E-state index contributed by atoms with van der Waals surface area (Å²) in [5.74, 6) is -0.289. The second-order valence-corrected chi connectivity index (χ2v) is 9.01. The average Bonchev–Trinajstić information content (AvgIpc) is 3.16. The van der Waals surface area contributed by atoms with Crippen LogP contribution in [0.5, 0.6) is 0 Å². The van der Waals surface area contributed by atoms with Crippen LogP contribution in [0.15, 0.2) is 42.7 Å². The van der Waals surface area contributed by atoms with Gasteiger partial charge in [-0.05, 0) is 55.7 Å². The van der Waals surface area contributed by atoms with Crippen LogP contribution < -0.4 is 10.2 Å². The molecule has 1 aliphatic rings. The molecule has 1 aromatic heterocycles. The minimum atomic E-state index is -0.656. The first kappa shape index (κ1) is 22.2. The molecule has 0 aliphatic carbocycles. The van der Waals surface area contributed by atoms with Gasteiger partial charge in [0.2, 0.25) is 5.95 Å². The monoisotopic (exact) mass is 440 g/mol. The fourth-order valence-electron chi connectivity index (χ4n) is 4.23. The van der Waals surface area contributed by atoms with Crippen molar-refractivity contribution in [2.45, 2.75) is 33.7 Å². The van der Waals surface area contributed by atoms with E-state index in [2.05, 4.69) is 65.0 Å². The van der Waals surface area contributed by atoms with Gasteiger partial charge in [-0.1, -0.05) is 13.8 Å². The molecule has 6 nitrogen and oxygen atoms in total. The lowest BCUT2D eigenvalue weighted by Crippen LogP contribution is -2.52. The quantitative estimate of drug-likeness (QED) is 0.599. The molecule has 3 aromatic rings. The molecule has 1 unspecified atom stereocenters. The summed E-state index contributed by atoms with van der Waals surface area (Å²) in [5, 5.41) is 7.54. The van der Waals surface area contributed by atoms with Gasteiger partial charge in [0.25, 0.3) is 0 Å². The van der Waals surface area contributed by atoms with Crippen LogP contribution in [0.25, 0.3) is 5.69 Å². The molecule has 4 rings (SSSR count). The molecule has 0 saturated carbocycles. The van der Waals surface area contributed by atoms with E-state index in [1.165, 1.54) is 23.1 Å². The maximum absolute atomic E-state index is 13.5. The molecular weight excluding hydrogens is 410 g/mol. The first-order valence-corrected chi connectivity index (χ1v) is 11.0. The Bertz CT molecular complexity index is 1060. The van der Waals surface area contributed by atoms with Gasteiger partial charge in [-0.3, -0.25) is 4.90 Å². The number of halogens is 2. The molecule has 0 spiro atoms. The fraction of sp³-hybridized carbons (Fsp3) is 0.417. The number of hydrogen-bond donors (Lipinski definition) is 1. The smallest absolute Gasteiger partial charge is 0.246 e. The number of piperazine rings is 1. The normalized spacial score (nSPS) is 17.2. The Morgan fingerprint density at radius 3 is 2.47 bits per heavy atom. The molecule has 32 heavy (non-hydrogen) atoms. The molecule has 0 bridgehead atoms. The summed E-state index contributed by atoms with van der Waals surface area (Å²) in [6.45, 7) is 13.0. The van der Waals surface area contributed by atoms with E-state index in [0.717, 1.165) is 49.2 Å². The van der Waals surface area contributed by atoms with Crippen LogP contribution >= 0.6 is 0 Å². The highest BCUT2D eigenvalue weighted by Crippen LogP contribution is 2.26. The third-order valence-electron chi connectivity index (χ3n) is 5.65. The van der Waals surface area contributed by atoms with E-state index in [-0.39, 0.29) is 5.69 Å². The van der Waals surface area contributed by atoms with Crippen molar-refractivity contribution in [1.82, 2.24) is 19.7 Å². The fourth-order valence-corrected chi connectivity index (χ4v) is 4.23. The Morgan fingerprint density at radius 2 is 1.78 bits per heavy atom. The van der Waals surface area contributed by atoms with Gasteiger partial charge in [-0.15, -0.1) is 5.10 Å². The molecule has 2 heterocycles. The summed E-state index contributed by atoms with van der Waals surface area (Å²) < 4.78 is 28.4. The Balaban J connectivity index is 1.49. The van der Waals surface area contributed by atoms with Crippen LogP contribution in [0.2, 0.25) is 0 Å². The minimum Gasteiger partial charge on any atom is -0.369 e. The zero-order valence-electron chi connectivity index (χ0n) is 19.0. The van der Waals surface area contributed by atoms with Crippen molar-refractivity contribution in [1.29, 1.82) is 0 Å². The van der Waals surface area contributed by atoms with E-state index >= 15 is 0 Å². The van der Waals surface area contributed by atoms with Gasteiger partial charge in [-0.2, -0.15) is 4.98 Å². The summed E-state index contributed by atoms with van der Waals surface area (Å²) in [5.41, 5.74) is 3.45. The second-order valence-electron chi connectivity index (χ2n) is 9.01. The maximum Gasteiger partial charge on any atom is 0.246 e. The summed E-state index contributed by atoms with van der Waals surface area (Å²) in [6.07, 6.45) is 1.43. The zero-order valence-corrected chi connectivity index (χ0v) is 19.0. The highest BCUT2D eigenvalue weighted by Gasteiger charge is 2.24. The van der Waals surface area contributed by atoms with Crippen LogP contribution in [-0.2, 0) is 0 Å². The summed E-state index contributed by atoms with van der Waals surface area (Å²) in [7, 11) is 0. The molecule has 0 amide bonds. The number of nitrogens with one attached hydrogen (secondary N) is 1. The Labute approximate surface area is 187 Å². The molecule has 2 aromatic carbocycles. The number of aryl methyl sites for hydroxylation is 1. The molecule has 1 saturated heterocycles. The number of benzene rings is 2. The van der Waals surface area contributed by atoms with E-state index in [0.29, 0.717) is 17.9 Å². The van der Waals surface area contributed by atoms with E-state index < -0.39 is 11.6 Å². The number of nitrogens with zero attached hydrogens (tertiary/aromatic N) is 5. The lowest BCUT2D eigenvalue weighted by molar-refractivity contribution is 0.169. The van der Waals surface area contributed by atoms with Crippen molar-refractivity contribution in [3.05, 3.63) is 59.9 Å². The van der Waals surface area contributed by atoms with Crippen molar-refractivity contribution in [2.24, 2.45) is 5.92 Å². The predicted molar refractivity (Wildman–Crippen MR) is 124 cm³/mol. The standard InChI is InChI=1S/C24H30F2N6/c1-16(2)13-30-5-6-31(14-18(30)4)22-8-17(3)7-21(12-22)28-24-27-15-32(29-24)23-10-19(25)9-20(26)11-23/h7-12,15-16,18H,5-6,13-14H2,1-4H3,(H,28,29). The second kappa shape index (κ2) is 9.24. The summed E-state index contributed by atoms with van der Waals surface area (Å²) in [6, 6.07) is 10.1. The molecular formula is C24H30F2N6. The highest BCUT2D eigenvalue weighted by atomic mass is 19.1.